The fourth-order valence-electron chi connectivity index (χ4n) is 2.19. The first-order valence-corrected chi connectivity index (χ1v) is 8.58. The molecule has 2 aromatic carbocycles. The van der Waals surface area contributed by atoms with Gasteiger partial charge >= 0.3 is 5.97 Å². The first-order chi connectivity index (χ1) is 12.3. The van der Waals surface area contributed by atoms with E-state index in [4.69, 9.17) is 5.11 Å². The molecule has 0 heterocycles. The highest BCUT2D eigenvalue weighted by molar-refractivity contribution is 9.10. The Bertz CT molecular complexity index is 813. The number of carbonyl (C=O) groups is 2. The van der Waals surface area contributed by atoms with E-state index < -0.39 is 35.1 Å². The second kappa shape index (κ2) is 8.75. The molecule has 8 heteroatoms. The van der Waals surface area contributed by atoms with Crippen molar-refractivity contribution in [3.05, 3.63) is 63.6 Å². The van der Waals surface area contributed by atoms with Crippen LogP contribution in [0.4, 0.5) is 14.5 Å². The number of rotatable bonds is 7. The molecule has 0 spiro atoms. The summed E-state index contributed by atoms with van der Waals surface area (Å²) in [7, 11) is 0. The molecule has 3 N–H and O–H groups in total. The Morgan fingerprint density at radius 1 is 1.15 bits per heavy atom. The topological polar surface area (TPSA) is 78.4 Å². The third kappa shape index (κ3) is 5.26. The SMILES string of the molecule is C[C@H](NC(=O)c1cc(F)c(NCCc2ccc(Br)cc2)cc1F)C(=O)O. The average Bonchev–Trinajstić information content (AvgIpc) is 2.59. The van der Waals surface area contributed by atoms with Gasteiger partial charge in [0.15, 0.2) is 0 Å². The first-order valence-electron chi connectivity index (χ1n) is 7.79. The smallest absolute Gasteiger partial charge is 0.325 e. The molecule has 0 unspecified atom stereocenters. The van der Waals surface area contributed by atoms with Crippen molar-refractivity contribution >= 4 is 33.5 Å². The highest BCUT2D eigenvalue weighted by Gasteiger charge is 2.20. The Labute approximate surface area is 157 Å². The van der Waals surface area contributed by atoms with E-state index in [0.717, 1.165) is 22.2 Å². The number of hydrogen-bond acceptors (Lipinski definition) is 3. The maximum atomic E-state index is 14.1. The Morgan fingerprint density at radius 3 is 2.42 bits per heavy atom. The van der Waals surface area contributed by atoms with Crippen molar-refractivity contribution in [2.45, 2.75) is 19.4 Å². The van der Waals surface area contributed by atoms with Gasteiger partial charge in [-0.3, -0.25) is 9.59 Å². The minimum absolute atomic E-state index is 0.0672. The zero-order valence-electron chi connectivity index (χ0n) is 13.9. The molecule has 1 atom stereocenters. The number of carboxylic acid groups (broad SMARTS) is 1. The van der Waals surface area contributed by atoms with E-state index in [2.05, 4.69) is 26.6 Å². The summed E-state index contributed by atoms with van der Waals surface area (Å²) in [6.45, 7) is 1.60. The van der Waals surface area contributed by atoms with Crippen molar-refractivity contribution in [1.82, 2.24) is 5.32 Å². The molecule has 0 saturated heterocycles. The summed E-state index contributed by atoms with van der Waals surface area (Å²) in [5.41, 5.74) is 0.414. The molecule has 26 heavy (non-hydrogen) atoms. The van der Waals surface area contributed by atoms with Crippen LogP contribution in [0.15, 0.2) is 40.9 Å². The van der Waals surface area contributed by atoms with Gasteiger partial charge in [-0.15, -0.1) is 0 Å². The van der Waals surface area contributed by atoms with Crippen LogP contribution < -0.4 is 10.6 Å². The van der Waals surface area contributed by atoms with Gasteiger partial charge in [0.05, 0.1) is 11.3 Å². The van der Waals surface area contributed by atoms with Crippen LogP contribution in [0.2, 0.25) is 0 Å². The van der Waals surface area contributed by atoms with Gasteiger partial charge in [0, 0.05) is 17.1 Å². The molecule has 2 rings (SSSR count). The van der Waals surface area contributed by atoms with Crippen molar-refractivity contribution in [3.8, 4) is 0 Å². The van der Waals surface area contributed by atoms with Crippen molar-refractivity contribution in [2.24, 2.45) is 0 Å². The Morgan fingerprint density at radius 2 is 1.81 bits per heavy atom. The number of benzene rings is 2. The molecule has 5 nitrogen and oxygen atoms in total. The lowest BCUT2D eigenvalue weighted by Gasteiger charge is -2.12. The number of amides is 1. The molecular formula is C18H17BrF2N2O3. The quantitative estimate of drug-likeness (QED) is 0.632. The van der Waals surface area contributed by atoms with Gasteiger partial charge < -0.3 is 15.7 Å². The third-order valence-electron chi connectivity index (χ3n) is 3.66. The van der Waals surface area contributed by atoms with Crippen LogP contribution in [0.5, 0.6) is 0 Å². The van der Waals surface area contributed by atoms with Gasteiger partial charge in [0.1, 0.15) is 17.7 Å². The van der Waals surface area contributed by atoms with Crippen LogP contribution in [-0.4, -0.2) is 29.6 Å². The number of nitrogens with one attached hydrogen (secondary N) is 2. The van der Waals surface area contributed by atoms with Crippen molar-refractivity contribution < 1.29 is 23.5 Å². The summed E-state index contributed by atoms with van der Waals surface area (Å²) >= 11 is 3.34. The van der Waals surface area contributed by atoms with Crippen LogP contribution in [0.3, 0.4) is 0 Å². The van der Waals surface area contributed by atoms with Crippen LogP contribution in [0.25, 0.3) is 0 Å². The van der Waals surface area contributed by atoms with Gasteiger partial charge in [0.25, 0.3) is 5.91 Å². The summed E-state index contributed by atoms with van der Waals surface area (Å²) in [5.74, 6) is -3.99. The Hall–Kier alpha value is -2.48. The normalized spacial score (nSPS) is 11.7. The molecule has 0 fully saturated rings. The van der Waals surface area contributed by atoms with Crippen LogP contribution in [0.1, 0.15) is 22.8 Å². The van der Waals surface area contributed by atoms with E-state index in [9.17, 15) is 18.4 Å². The maximum absolute atomic E-state index is 14.1. The molecule has 2 aromatic rings. The maximum Gasteiger partial charge on any atom is 0.325 e. The molecule has 0 bridgehead atoms. The zero-order chi connectivity index (χ0) is 19.3. The number of carbonyl (C=O) groups excluding carboxylic acids is 1. The standard InChI is InChI=1S/C18H17BrF2N2O3/c1-10(18(25)26)23-17(24)13-8-15(21)16(9-14(13)20)22-7-6-11-2-4-12(19)5-3-11/h2-5,8-10,22H,6-7H2,1H3,(H,23,24)(H,25,26)/t10-/m0/s1. The number of carboxylic acids is 1. The minimum atomic E-state index is -1.27. The lowest BCUT2D eigenvalue weighted by Crippen LogP contribution is -2.38. The second-order valence-electron chi connectivity index (χ2n) is 5.65. The summed E-state index contributed by atoms with van der Waals surface area (Å²) in [6.07, 6.45) is 0.604. The minimum Gasteiger partial charge on any atom is -0.480 e. The van der Waals surface area contributed by atoms with E-state index >= 15 is 0 Å². The number of anilines is 1. The van der Waals surface area contributed by atoms with Crippen molar-refractivity contribution in [1.29, 1.82) is 0 Å². The zero-order valence-corrected chi connectivity index (χ0v) is 15.4. The first kappa shape index (κ1) is 19.8. The highest BCUT2D eigenvalue weighted by atomic mass is 79.9. The third-order valence-corrected chi connectivity index (χ3v) is 4.19. The van der Waals surface area contributed by atoms with Crippen LogP contribution >= 0.6 is 15.9 Å². The molecule has 0 aliphatic carbocycles. The van der Waals surface area contributed by atoms with Gasteiger partial charge in [-0.2, -0.15) is 0 Å². The van der Waals surface area contributed by atoms with Gasteiger partial charge in [-0.05, 0) is 37.1 Å². The lowest BCUT2D eigenvalue weighted by molar-refractivity contribution is -0.138. The summed E-state index contributed by atoms with van der Waals surface area (Å²) in [5, 5.41) is 13.6. The average molecular weight is 427 g/mol. The Kier molecular flexibility index (Phi) is 6.68. The van der Waals surface area contributed by atoms with Gasteiger partial charge in [-0.25, -0.2) is 8.78 Å². The van der Waals surface area contributed by atoms with Crippen molar-refractivity contribution in [2.75, 3.05) is 11.9 Å². The molecule has 0 aromatic heterocycles. The van der Waals surface area contributed by atoms with E-state index in [1.807, 2.05) is 24.3 Å². The highest BCUT2D eigenvalue weighted by Crippen LogP contribution is 2.20. The lowest BCUT2D eigenvalue weighted by atomic mass is 10.1. The second-order valence-corrected chi connectivity index (χ2v) is 6.56. The van der Waals surface area contributed by atoms with Crippen molar-refractivity contribution in [3.63, 3.8) is 0 Å². The summed E-state index contributed by atoms with van der Waals surface area (Å²) in [6, 6.07) is 8.04. The monoisotopic (exact) mass is 426 g/mol. The molecule has 0 saturated carbocycles. The number of aliphatic carboxylic acids is 1. The fraction of sp³-hybridized carbons (Fsp3) is 0.222. The fourth-order valence-corrected chi connectivity index (χ4v) is 2.45. The van der Waals surface area contributed by atoms with E-state index in [0.29, 0.717) is 13.0 Å². The molecular weight excluding hydrogens is 410 g/mol. The van der Waals surface area contributed by atoms with Gasteiger partial charge in [-0.1, -0.05) is 28.1 Å². The predicted molar refractivity (Wildman–Crippen MR) is 97.3 cm³/mol. The van der Waals surface area contributed by atoms with Gasteiger partial charge in [0.2, 0.25) is 0 Å². The van der Waals surface area contributed by atoms with E-state index in [1.165, 1.54) is 6.92 Å². The number of halogens is 3. The van der Waals surface area contributed by atoms with E-state index in [1.54, 1.807) is 0 Å². The Balaban J connectivity index is 2.02. The predicted octanol–water partition coefficient (Wildman–Crippen LogP) is 3.58. The summed E-state index contributed by atoms with van der Waals surface area (Å²) in [4.78, 5) is 22.6. The van der Waals surface area contributed by atoms with Crippen LogP contribution in [-0.2, 0) is 11.2 Å². The molecule has 138 valence electrons. The molecule has 1 amide bonds. The summed E-state index contributed by atoms with van der Waals surface area (Å²) < 4.78 is 29.2. The largest absolute Gasteiger partial charge is 0.480 e. The number of hydrogen-bond donors (Lipinski definition) is 3. The van der Waals surface area contributed by atoms with Crippen LogP contribution in [0, 0.1) is 11.6 Å². The molecule has 0 aliphatic rings. The van der Waals surface area contributed by atoms with E-state index in [-0.39, 0.29) is 5.69 Å². The molecule has 0 radical (unpaired) electrons. The molecule has 0 aliphatic heterocycles.